The van der Waals surface area contributed by atoms with Crippen LogP contribution in [-0.4, -0.2) is 71.4 Å². The first kappa shape index (κ1) is 19.9. The summed E-state index contributed by atoms with van der Waals surface area (Å²) in [5.41, 5.74) is 2.12. The van der Waals surface area contributed by atoms with Gasteiger partial charge in [0, 0.05) is 58.4 Å². The molecule has 1 saturated heterocycles. The first-order valence-corrected chi connectivity index (χ1v) is 9.65. The maximum Gasteiger partial charge on any atom is 0.269 e. The highest BCUT2D eigenvalue weighted by molar-refractivity contribution is 5.96. The van der Waals surface area contributed by atoms with E-state index in [9.17, 15) is 9.59 Å². The number of hydrogen-bond donors (Lipinski definition) is 1. The molecule has 1 fully saturated rings. The van der Waals surface area contributed by atoms with Crippen LogP contribution >= 0.6 is 0 Å². The number of carbonyl (C=O) groups excluding carboxylic acids is 2. The van der Waals surface area contributed by atoms with Crippen LogP contribution in [0.2, 0.25) is 0 Å². The molecule has 7 heteroatoms. The Balaban J connectivity index is 1.49. The van der Waals surface area contributed by atoms with Gasteiger partial charge in [0.25, 0.3) is 11.8 Å². The number of nitrogens with one attached hydrogen (secondary N) is 1. The van der Waals surface area contributed by atoms with E-state index in [-0.39, 0.29) is 17.9 Å². The van der Waals surface area contributed by atoms with Gasteiger partial charge >= 0.3 is 0 Å². The minimum absolute atomic E-state index is 0.0498. The van der Waals surface area contributed by atoms with E-state index >= 15 is 0 Å². The predicted octanol–water partition coefficient (Wildman–Crippen LogP) is 1.62. The molecule has 28 heavy (non-hydrogen) atoms. The highest BCUT2D eigenvalue weighted by atomic mass is 16.2. The van der Waals surface area contributed by atoms with Crippen LogP contribution in [0.25, 0.3) is 0 Å². The molecule has 0 saturated carbocycles. The van der Waals surface area contributed by atoms with Crippen molar-refractivity contribution in [3.05, 3.63) is 59.7 Å². The maximum absolute atomic E-state index is 12.8. The van der Waals surface area contributed by atoms with Crippen LogP contribution in [0.4, 0.5) is 0 Å². The molecular formula is C21H27N5O2. The molecule has 0 spiro atoms. The van der Waals surface area contributed by atoms with Crippen LogP contribution < -0.4 is 5.32 Å². The van der Waals surface area contributed by atoms with Crippen molar-refractivity contribution in [3.63, 3.8) is 0 Å². The largest absolute Gasteiger partial charge is 0.354 e. The van der Waals surface area contributed by atoms with Crippen molar-refractivity contribution in [2.24, 2.45) is 0 Å². The number of rotatable bonds is 6. The molecule has 1 N–H and O–H groups in total. The van der Waals surface area contributed by atoms with Crippen LogP contribution in [0, 0.1) is 0 Å². The summed E-state index contributed by atoms with van der Waals surface area (Å²) >= 11 is 0. The van der Waals surface area contributed by atoms with Crippen molar-refractivity contribution in [1.29, 1.82) is 0 Å². The van der Waals surface area contributed by atoms with Crippen molar-refractivity contribution < 1.29 is 9.59 Å². The van der Waals surface area contributed by atoms with Crippen LogP contribution in [-0.2, 0) is 6.42 Å². The topological polar surface area (TPSA) is 78.4 Å². The predicted molar refractivity (Wildman–Crippen MR) is 107 cm³/mol. The van der Waals surface area contributed by atoms with Gasteiger partial charge in [0.05, 0.1) is 5.56 Å². The van der Waals surface area contributed by atoms with E-state index in [1.807, 2.05) is 24.3 Å². The summed E-state index contributed by atoms with van der Waals surface area (Å²) in [7, 11) is 3.41. The average molecular weight is 381 g/mol. The second-order valence-corrected chi connectivity index (χ2v) is 7.11. The number of amides is 2. The number of carbonyl (C=O) groups is 2. The monoisotopic (exact) mass is 381 g/mol. The summed E-state index contributed by atoms with van der Waals surface area (Å²) in [6.07, 6.45) is 8.08. The fourth-order valence-electron chi connectivity index (χ4n) is 3.52. The Kier molecular flexibility index (Phi) is 6.71. The molecule has 0 bridgehead atoms. The molecule has 2 aromatic heterocycles. The molecule has 1 aliphatic heterocycles. The van der Waals surface area contributed by atoms with Crippen LogP contribution in [0.15, 0.2) is 42.9 Å². The summed E-state index contributed by atoms with van der Waals surface area (Å²) in [5, 5.41) is 2.52. The molecule has 0 atom stereocenters. The molecule has 148 valence electrons. The van der Waals surface area contributed by atoms with E-state index < -0.39 is 0 Å². The first-order chi connectivity index (χ1) is 13.6. The number of nitrogens with zero attached hydrogens (tertiary/aromatic N) is 4. The van der Waals surface area contributed by atoms with Crippen molar-refractivity contribution in [1.82, 2.24) is 25.1 Å². The summed E-state index contributed by atoms with van der Waals surface area (Å²) < 4.78 is 0. The summed E-state index contributed by atoms with van der Waals surface area (Å²) in [4.78, 5) is 36.7. The molecule has 0 unspecified atom stereocenters. The summed E-state index contributed by atoms with van der Waals surface area (Å²) in [6.45, 7) is 3.00. The van der Waals surface area contributed by atoms with Gasteiger partial charge in [0.1, 0.15) is 5.69 Å². The average Bonchev–Trinajstić information content (AvgIpc) is 2.77. The van der Waals surface area contributed by atoms with E-state index in [2.05, 4.69) is 32.3 Å². The number of aromatic nitrogens is 2. The van der Waals surface area contributed by atoms with Gasteiger partial charge in [-0.25, -0.2) is 0 Å². The second-order valence-electron chi connectivity index (χ2n) is 7.11. The Morgan fingerprint density at radius 3 is 2.50 bits per heavy atom. The van der Waals surface area contributed by atoms with Crippen molar-refractivity contribution in [3.8, 4) is 0 Å². The number of hydrogen-bond acceptors (Lipinski definition) is 5. The van der Waals surface area contributed by atoms with Gasteiger partial charge in [-0.3, -0.25) is 19.6 Å². The second kappa shape index (κ2) is 9.41. The lowest BCUT2D eigenvalue weighted by atomic mass is 10.0. The third-order valence-electron chi connectivity index (χ3n) is 5.36. The molecule has 0 aromatic carbocycles. The van der Waals surface area contributed by atoms with Crippen LogP contribution in [0.1, 0.15) is 39.3 Å². The molecule has 0 radical (unpaired) electrons. The standard InChI is InChI=1S/C21H27N5O2/c1-22-20(27)19-4-3-17(15-24-19)21(28)25(2)18-8-13-26(14-9-18)12-7-16-5-10-23-11-6-16/h3-6,10-11,15,18H,7-9,12-14H2,1-2H3,(H,22,27). The van der Waals surface area contributed by atoms with E-state index in [4.69, 9.17) is 0 Å². The molecule has 3 heterocycles. The van der Waals surface area contributed by atoms with Gasteiger partial charge in [-0.15, -0.1) is 0 Å². The molecule has 2 aromatic rings. The molecule has 1 aliphatic rings. The van der Waals surface area contributed by atoms with E-state index in [0.29, 0.717) is 11.3 Å². The zero-order chi connectivity index (χ0) is 19.9. The lowest BCUT2D eigenvalue weighted by molar-refractivity contribution is 0.0642. The normalized spacial score (nSPS) is 15.2. The fraction of sp³-hybridized carbons (Fsp3) is 0.429. The van der Waals surface area contributed by atoms with Gasteiger partial charge in [-0.05, 0) is 49.1 Å². The van der Waals surface area contributed by atoms with E-state index in [1.54, 1.807) is 19.2 Å². The van der Waals surface area contributed by atoms with Crippen molar-refractivity contribution in [2.45, 2.75) is 25.3 Å². The lowest BCUT2D eigenvalue weighted by Crippen LogP contribution is -2.46. The molecule has 3 rings (SSSR count). The molecular weight excluding hydrogens is 354 g/mol. The number of pyridine rings is 2. The Morgan fingerprint density at radius 1 is 1.18 bits per heavy atom. The number of piperidine rings is 1. The van der Waals surface area contributed by atoms with Gasteiger partial charge in [-0.1, -0.05) is 0 Å². The lowest BCUT2D eigenvalue weighted by Gasteiger charge is -2.36. The highest BCUT2D eigenvalue weighted by Gasteiger charge is 2.26. The Labute approximate surface area is 165 Å². The molecule has 7 nitrogen and oxygen atoms in total. The molecule has 2 amide bonds. The Morgan fingerprint density at radius 2 is 1.89 bits per heavy atom. The zero-order valence-electron chi connectivity index (χ0n) is 16.5. The quantitative estimate of drug-likeness (QED) is 0.823. The SMILES string of the molecule is CNC(=O)c1ccc(C(=O)N(C)C2CCN(CCc3ccncc3)CC2)cn1. The minimum atomic E-state index is -0.258. The van der Waals surface area contributed by atoms with Crippen LogP contribution in [0.5, 0.6) is 0 Å². The van der Waals surface area contributed by atoms with Gasteiger partial charge in [0.15, 0.2) is 0 Å². The zero-order valence-corrected chi connectivity index (χ0v) is 16.5. The van der Waals surface area contributed by atoms with Crippen molar-refractivity contribution in [2.75, 3.05) is 33.7 Å². The minimum Gasteiger partial charge on any atom is -0.354 e. The Bertz CT molecular complexity index is 786. The van der Waals surface area contributed by atoms with Crippen molar-refractivity contribution >= 4 is 11.8 Å². The maximum atomic E-state index is 12.8. The Hall–Kier alpha value is -2.80. The smallest absolute Gasteiger partial charge is 0.269 e. The van der Waals surface area contributed by atoms with E-state index in [1.165, 1.54) is 11.8 Å². The third-order valence-corrected chi connectivity index (χ3v) is 5.36. The highest BCUT2D eigenvalue weighted by Crippen LogP contribution is 2.18. The summed E-state index contributed by atoms with van der Waals surface area (Å²) in [5.74, 6) is -0.308. The first-order valence-electron chi connectivity index (χ1n) is 9.65. The van der Waals surface area contributed by atoms with Crippen LogP contribution in [0.3, 0.4) is 0 Å². The summed E-state index contributed by atoms with van der Waals surface area (Å²) in [6, 6.07) is 7.59. The van der Waals surface area contributed by atoms with Gasteiger partial charge in [0.2, 0.25) is 0 Å². The molecule has 0 aliphatic carbocycles. The van der Waals surface area contributed by atoms with E-state index in [0.717, 1.165) is 38.9 Å². The van der Waals surface area contributed by atoms with Gasteiger partial charge in [-0.2, -0.15) is 0 Å². The fourth-order valence-corrected chi connectivity index (χ4v) is 3.52. The third kappa shape index (κ3) is 4.92. The number of likely N-dealkylation sites (tertiary alicyclic amines) is 1. The van der Waals surface area contributed by atoms with Gasteiger partial charge < -0.3 is 15.1 Å².